The van der Waals surface area contributed by atoms with Gasteiger partial charge < -0.3 is 5.11 Å². The first-order chi connectivity index (χ1) is 9.68. The number of ketones is 2. The fourth-order valence-corrected chi connectivity index (χ4v) is 3.36. The first-order valence-corrected chi connectivity index (χ1v) is 6.74. The van der Waals surface area contributed by atoms with Crippen LogP contribution in [0.15, 0.2) is 30.3 Å². The molecule has 0 aromatic heterocycles. The Balaban J connectivity index is 2.08. The lowest BCUT2D eigenvalue weighted by Gasteiger charge is -2.20. The Labute approximate surface area is 115 Å². The van der Waals surface area contributed by atoms with E-state index in [0.29, 0.717) is 22.3 Å². The van der Waals surface area contributed by atoms with E-state index in [4.69, 9.17) is 0 Å². The van der Waals surface area contributed by atoms with Crippen LogP contribution in [0.3, 0.4) is 0 Å². The van der Waals surface area contributed by atoms with Gasteiger partial charge in [0.1, 0.15) is 5.75 Å². The molecule has 0 bridgehead atoms. The van der Waals surface area contributed by atoms with E-state index in [9.17, 15) is 14.7 Å². The van der Waals surface area contributed by atoms with Gasteiger partial charge in [0.05, 0.1) is 0 Å². The minimum absolute atomic E-state index is 0.0895. The van der Waals surface area contributed by atoms with Gasteiger partial charge >= 0.3 is 0 Å². The van der Waals surface area contributed by atoms with Crippen LogP contribution in [-0.2, 0) is 12.8 Å². The largest absolute Gasteiger partial charge is 0.508 e. The number of phenols is 1. The fraction of sp³-hybridized carbons (Fsp3) is 0.176. The first kappa shape index (κ1) is 11.4. The Bertz CT molecular complexity index is 787. The van der Waals surface area contributed by atoms with Crippen molar-refractivity contribution >= 4 is 11.6 Å². The summed E-state index contributed by atoms with van der Waals surface area (Å²) in [5.74, 6) is -0.106. The third-order valence-electron chi connectivity index (χ3n) is 4.27. The molecule has 0 unspecified atom stereocenters. The number of hydrogen-bond acceptors (Lipinski definition) is 3. The van der Waals surface area contributed by atoms with Crippen molar-refractivity contribution in [3.8, 4) is 5.75 Å². The molecular weight excluding hydrogens is 252 g/mol. The number of fused-ring (bicyclic) bond motifs is 4. The van der Waals surface area contributed by atoms with Gasteiger partial charge in [0.25, 0.3) is 0 Å². The lowest BCUT2D eigenvalue weighted by atomic mass is 9.80. The van der Waals surface area contributed by atoms with Crippen molar-refractivity contribution < 1.29 is 14.7 Å². The molecule has 0 heterocycles. The van der Waals surface area contributed by atoms with Crippen molar-refractivity contribution in [2.24, 2.45) is 0 Å². The number of rotatable bonds is 0. The predicted molar refractivity (Wildman–Crippen MR) is 73.4 cm³/mol. The fourth-order valence-electron chi connectivity index (χ4n) is 3.36. The van der Waals surface area contributed by atoms with Crippen LogP contribution in [0.5, 0.6) is 5.75 Å². The van der Waals surface area contributed by atoms with Gasteiger partial charge in [0, 0.05) is 22.3 Å². The van der Waals surface area contributed by atoms with Crippen LogP contribution in [0.2, 0.25) is 0 Å². The van der Waals surface area contributed by atoms with E-state index >= 15 is 0 Å². The molecular formula is C17H12O3. The van der Waals surface area contributed by atoms with Gasteiger partial charge in [-0.15, -0.1) is 0 Å². The molecule has 2 aliphatic carbocycles. The Morgan fingerprint density at radius 1 is 0.850 bits per heavy atom. The summed E-state index contributed by atoms with van der Waals surface area (Å²) in [4.78, 5) is 25.2. The average molecular weight is 264 g/mol. The minimum atomic E-state index is -0.166. The monoisotopic (exact) mass is 264 g/mol. The van der Waals surface area contributed by atoms with Crippen molar-refractivity contribution in [3.63, 3.8) is 0 Å². The lowest BCUT2D eigenvalue weighted by molar-refractivity contribution is 0.0978. The van der Waals surface area contributed by atoms with Crippen molar-refractivity contribution in [2.45, 2.75) is 19.3 Å². The molecule has 0 saturated carbocycles. The minimum Gasteiger partial charge on any atom is -0.508 e. The van der Waals surface area contributed by atoms with Gasteiger partial charge in [-0.05, 0) is 36.5 Å². The summed E-state index contributed by atoms with van der Waals surface area (Å²) in [6.07, 6.45) is 2.45. The zero-order valence-electron chi connectivity index (χ0n) is 10.8. The van der Waals surface area contributed by atoms with Crippen molar-refractivity contribution in [3.05, 3.63) is 63.7 Å². The molecule has 0 aliphatic heterocycles. The number of aromatic hydroxyl groups is 1. The predicted octanol–water partition coefficient (Wildman–Crippen LogP) is 2.66. The Kier molecular flexibility index (Phi) is 2.16. The summed E-state index contributed by atoms with van der Waals surface area (Å²) in [5, 5.41) is 10.1. The Morgan fingerprint density at radius 2 is 1.50 bits per heavy atom. The second-order valence-corrected chi connectivity index (χ2v) is 5.33. The second kappa shape index (κ2) is 3.79. The third-order valence-corrected chi connectivity index (χ3v) is 4.27. The smallest absolute Gasteiger partial charge is 0.194 e. The standard InChI is InChI=1S/C17H12O3/c18-14-8-13-15(10-7-3-6-9(10)14)17(20)12-5-2-1-4-11(12)16(13)19/h1-2,4-5,8,18H,3,6-7H2. The number of phenolic OH excluding ortho intramolecular Hbond substituents is 1. The summed E-state index contributed by atoms with van der Waals surface area (Å²) in [6, 6.07) is 8.36. The van der Waals surface area contributed by atoms with E-state index in [2.05, 4.69) is 0 Å². The first-order valence-electron chi connectivity index (χ1n) is 6.74. The van der Waals surface area contributed by atoms with Crippen molar-refractivity contribution in [1.29, 1.82) is 0 Å². The molecule has 3 nitrogen and oxygen atoms in total. The summed E-state index contributed by atoms with van der Waals surface area (Å²) >= 11 is 0. The SMILES string of the molecule is O=C1c2ccccc2C(=O)c2c1cc(O)c1c2CCC1. The molecule has 3 heteroatoms. The lowest BCUT2D eigenvalue weighted by Crippen LogP contribution is -2.22. The summed E-state index contributed by atoms with van der Waals surface area (Å²) in [6.45, 7) is 0. The topological polar surface area (TPSA) is 54.4 Å². The molecule has 0 atom stereocenters. The molecule has 0 spiro atoms. The molecule has 2 aromatic carbocycles. The summed E-state index contributed by atoms with van der Waals surface area (Å²) < 4.78 is 0. The highest BCUT2D eigenvalue weighted by Crippen LogP contribution is 2.39. The van der Waals surface area contributed by atoms with Gasteiger partial charge in [-0.25, -0.2) is 0 Å². The highest BCUT2D eigenvalue weighted by atomic mass is 16.3. The number of carbonyl (C=O) groups excluding carboxylic acids is 2. The maximum atomic E-state index is 12.7. The Hall–Kier alpha value is -2.42. The number of benzene rings is 2. The van der Waals surface area contributed by atoms with E-state index in [1.54, 1.807) is 24.3 Å². The van der Waals surface area contributed by atoms with E-state index in [1.807, 2.05) is 0 Å². The van der Waals surface area contributed by atoms with Crippen molar-refractivity contribution in [2.75, 3.05) is 0 Å². The molecule has 98 valence electrons. The van der Waals surface area contributed by atoms with Crippen LogP contribution in [0.4, 0.5) is 0 Å². The molecule has 4 rings (SSSR count). The molecule has 2 aliphatic rings. The van der Waals surface area contributed by atoms with E-state index in [1.165, 1.54) is 6.07 Å². The molecule has 0 fully saturated rings. The highest BCUT2D eigenvalue weighted by molar-refractivity contribution is 6.29. The Morgan fingerprint density at radius 3 is 2.25 bits per heavy atom. The zero-order valence-corrected chi connectivity index (χ0v) is 10.8. The molecule has 0 amide bonds. The second-order valence-electron chi connectivity index (χ2n) is 5.33. The van der Waals surface area contributed by atoms with E-state index in [0.717, 1.165) is 30.4 Å². The van der Waals surface area contributed by atoms with E-state index < -0.39 is 0 Å². The number of hydrogen-bond donors (Lipinski definition) is 1. The molecule has 1 N–H and O–H groups in total. The molecule has 0 radical (unpaired) electrons. The van der Waals surface area contributed by atoms with Crippen LogP contribution in [0, 0.1) is 0 Å². The van der Waals surface area contributed by atoms with Crippen LogP contribution in [0.25, 0.3) is 0 Å². The highest BCUT2D eigenvalue weighted by Gasteiger charge is 2.34. The maximum absolute atomic E-state index is 12.7. The van der Waals surface area contributed by atoms with Gasteiger partial charge in [0.2, 0.25) is 0 Å². The molecule has 2 aromatic rings. The van der Waals surface area contributed by atoms with Crippen LogP contribution in [0.1, 0.15) is 49.4 Å². The quantitative estimate of drug-likeness (QED) is 0.679. The van der Waals surface area contributed by atoms with Gasteiger partial charge in [-0.3, -0.25) is 9.59 Å². The normalized spacial score (nSPS) is 15.8. The zero-order chi connectivity index (χ0) is 13.9. The van der Waals surface area contributed by atoms with Crippen molar-refractivity contribution in [1.82, 2.24) is 0 Å². The van der Waals surface area contributed by atoms with Crippen LogP contribution < -0.4 is 0 Å². The average Bonchev–Trinajstić information content (AvgIpc) is 2.94. The van der Waals surface area contributed by atoms with Crippen LogP contribution >= 0.6 is 0 Å². The van der Waals surface area contributed by atoms with Gasteiger partial charge in [-0.2, -0.15) is 0 Å². The third kappa shape index (κ3) is 1.29. The number of carbonyl (C=O) groups is 2. The summed E-state index contributed by atoms with van der Waals surface area (Å²) in [5.41, 5.74) is 3.48. The van der Waals surface area contributed by atoms with Gasteiger partial charge in [-0.1, -0.05) is 24.3 Å². The molecule has 20 heavy (non-hydrogen) atoms. The van der Waals surface area contributed by atoms with Crippen LogP contribution in [-0.4, -0.2) is 16.7 Å². The maximum Gasteiger partial charge on any atom is 0.194 e. The summed E-state index contributed by atoms with van der Waals surface area (Å²) in [7, 11) is 0. The van der Waals surface area contributed by atoms with E-state index in [-0.39, 0.29) is 17.3 Å². The molecule has 0 saturated heterocycles. The van der Waals surface area contributed by atoms with Gasteiger partial charge in [0.15, 0.2) is 11.6 Å².